The molecule has 17 heavy (non-hydrogen) atoms. The molecule has 0 aliphatic carbocycles. The second-order valence-corrected chi connectivity index (χ2v) is 6.49. The lowest BCUT2D eigenvalue weighted by molar-refractivity contribution is -0.181. The van der Waals surface area contributed by atoms with Gasteiger partial charge in [0.2, 0.25) is 5.60 Å². The van der Waals surface area contributed by atoms with Crippen LogP contribution in [0.4, 0.5) is 0 Å². The number of aliphatic carboxylic acids is 1. The normalized spacial score (nSPS) is 28.2. The van der Waals surface area contributed by atoms with E-state index in [1.165, 1.54) is 14.2 Å². The number of ether oxygens (including phenoxy) is 2. The molecule has 1 heterocycles. The van der Waals surface area contributed by atoms with Gasteiger partial charge in [0.05, 0.1) is 12.8 Å². The first-order valence-corrected chi connectivity index (χ1v) is 6.69. The third-order valence-electron chi connectivity index (χ3n) is 2.49. The minimum atomic E-state index is -3.49. The Bertz CT molecular complexity index is 345. The molecule has 1 unspecified atom stereocenters. The third kappa shape index (κ3) is 3.05. The smallest absolute Gasteiger partial charge is 0.339 e. The van der Waals surface area contributed by atoms with Crippen LogP contribution in [0.2, 0.25) is 0 Å². The van der Waals surface area contributed by atoms with Crippen LogP contribution in [0.25, 0.3) is 0 Å². The fraction of sp³-hybridized carbons (Fsp3) is 0.889. The van der Waals surface area contributed by atoms with Crippen LogP contribution in [0.15, 0.2) is 0 Å². The van der Waals surface area contributed by atoms with Crippen molar-refractivity contribution in [1.82, 2.24) is 0 Å². The van der Waals surface area contributed by atoms with Crippen LogP contribution in [-0.2, 0) is 27.9 Å². The number of carboxylic acids is 1. The number of carbonyl (C=O) groups is 1. The van der Waals surface area contributed by atoms with Crippen LogP contribution in [0.1, 0.15) is 13.8 Å². The van der Waals surface area contributed by atoms with Gasteiger partial charge in [0, 0.05) is 14.2 Å². The summed E-state index contributed by atoms with van der Waals surface area (Å²) in [5.41, 5.74) is -1.70. The molecular weight excluding hydrogens is 251 g/mol. The molecule has 1 aliphatic heterocycles. The molecule has 0 aromatic rings. The molecule has 1 aliphatic rings. The van der Waals surface area contributed by atoms with Crippen molar-refractivity contribution in [2.45, 2.75) is 25.2 Å². The molecule has 0 aromatic carbocycles. The molecule has 0 spiro atoms. The summed E-state index contributed by atoms with van der Waals surface area (Å²) in [6.45, 7) is 2.97. The van der Waals surface area contributed by atoms with Crippen molar-refractivity contribution in [3.05, 3.63) is 0 Å². The molecule has 1 atom stereocenters. The minimum Gasteiger partial charge on any atom is -0.479 e. The summed E-state index contributed by atoms with van der Waals surface area (Å²) in [4.78, 5) is 11.3. The quantitative estimate of drug-likeness (QED) is 0.746. The van der Waals surface area contributed by atoms with Gasteiger partial charge in [0.15, 0.2) is 5.79 Å². The molecule has 0 radical (unpaired) electrons. The molecular formula is C9H17O7P. The Morgan fingerprint density at radius 3 is 2.24 bits per heavy atom. The van der Waals surface area contributed by atoms with Crippen LogP contribution >= 0.6 is 7.60 Å². The maximum Gasteiger partial charge on any atom is 0.339 e. The first-order chi connectivity index (χ1) is 7.69. The van der Waals surface area contributed by atoms with Crippen molar-refractivity contribution >= 4 is 13.6 Å². The highest BCUT2D eigenvalue weighted by Crippen LogP contribution is 2.51. The molecule has 1 N–H and O–H groups in total. The maximum absolute atomic E-state index is 12.0. The van der Waals surface area contributed by atoms with Crippen LogP contribution in [0, 0.1) is 0 Å². The summed E-state index contributed by atoms with van der Waals surface area (Å²) in [5, 5.41) is 9.21. The van der Waals surface area contributed by atoms with Crippen molar-refractivity contribution < 1.29 is 33.0 Å². The Morgan fingerprint density at radius 2 is 1.94 bits per heavy atom. The molecule has 1 rings (SSSR count). The van der Waals surface area contributed by atoms with Gasteiger partial charge in [-0.2, -0.15) is 0 Å². The fourth-order valence-electron chi connectivity index (χ4n) is 1.59. The Balaban J connectivity index is 2.97. The predicted octanol–water partition coefficient (Wildman–Crippen LogP) is 1.08. The summed E-state index contributed by atoms with van der Waals surface area (Å²) < 4.78 is 32.0. The van der Waals surface area contributed by atoms with Crippen molar-refractivity contribution in [1.29, 1.82) is 0 Å². The SMILES string of the molecule is COP(=O)(CC1(C(=O)O)COC(C)(C)O1)OC. The van der Waals surface area contributed by atoms with Gasteiger partial charge in [-0.3, -0.25) is 4.57 Å². The largest absolute Gasteiger partial charge is 0.479 e. The fourth-order valence-corrected chi connectivity index (χ4v) is 2.91. The zero-order valence-corrected chi connectivity index (χ0v) is 11.2. The summed E-state index contributed by atoms with van der Waals surface area (Å²) in [6, 6.07) is 0. The van der Waals surface area contributed by atoms with E-state index in [1.807, 2.05) is 0 Å². The molecule has 0 bridgehead atoms. The number of hydrogen-bond acceptors (Lipinski definition) is 6. The monoisotopic (exact) mass is 268 g/mol. The lowest BCUT2D eigenvalue weighted by Crippen LogP contribution is -2.46. The summed E-state index contributed by atoms with van der Waals surface area (Å²) >= 11 is 0. The Labute approximate surface area is 99.5 Å². The van der Waals surface area contributed by atoms with Crippen LogP contribution < -0.4 is 0 Å². The number of rotatable bonds is 5. The standard InChI is InChI=1S/C9H17O7P/c1-8(2)15-5-9(16-8,7(10)11)6-17(12,13-3)14-4/h5-6H2,1-4H3,(H,10,11). The topological polar surface area (TPSA) is 91.3 Å². The number of carboxylic acid groups (broad SMARTS) is 1. The maximum atomic E-state index is 12.0. The first-order valence-electron chi connectivity index (χ1n) is 4.97. The van der Waals surface area contributed by atoms with Gasteiger partial charge in [-0.1, -0.05) is 0 Å². The Morgan fingerprint density at radius 1 is 1.41 bits per heavy atom. The van der Waals surface area contributed by atoms with E-state index in [1.54, 1.807) is 13.8 Å². The van der Waals surface area contributed by atoms with E-state index in [-0.39, 0.29) is 6.61 Å². The lowest BCUT2D eigenvalue weighted by atomic mass is 10.1. The molecule has 7 nitrogen and oxygen atoms in total. The number of hydrogen-bond donors (Lipinski definition) is 1. The van der Waals surface area contributed by atoms with Crippen LogP contribution in [0.5, 0.6) is 0 Å². The molecule has 0 aromatic heterocycles. The second kappa shape index (κ2) is 4.66. The highest BCUT2D eigenvalue weighted by molar-refractivity contribution is 7.54. The van der Waals surface area contributed by atoms with Gasteiger partial charge in [-0.05, 0) is 13.8 Å². The van der Waals surface area contributed by atoms with Crippen LogP contribution in [0.3, 0.4) is 0 Å². The van der Waals surface area contributed by atoms with E-state index in [4.69, 9.17) is 18.5 Å². The molecule has 0 amide bonds. The van der Waals surface area contributed by atoms with Crippen molar-refractivity contribution in [3.8, 4) is 0 Å². The average Bonchev–Trinajstić information content (AvgIpc) is 2.55. The lowest BCUT2D eigenvalue weighted by Gasteiger charge is -2.27. The minimum absolute atomic E-state index is 0.202. The van der Waals surface area contributed by atoms with Crippen molar-refractivity contribution in [3.63, 3.8) is 0 Å². The zero-order chi connectivity index (χ0) is 13.3. The molecule has 8 heteroatoms. The van der Waals surface area contributed by atoms with E-state index >= 15 is 0 Å². The second-order valence-electron chi connectivity index (χ2n) is 4.22. The van der Waals surface area contributed by atoms with Gasteiger partial charge in [-0.15, -0.1) is 0 Å². The summed E-state index contributed by atoms with van der Waals surface area (Å²) in [6.07, 6.45) is -0.397. The van der Waals surface area contributed by atoms with Gasteiger partial charge in [-0.25, -0.2) is 4.79 Å². The predicted molar refractivity (Wildman–Crippen MR) is 58.0 cm³/mol. The average molecular weight is 268 g/mol. The summed E-state index contributed by atoms with van der Waals surface area (Å²) in [5.74, 6) is -2.29. The summed E-state index contributed by atoms with van der Waals surface area (Å²) in [7, 11) is -1.10. The molecule has 100 valence electrons. The zero-order valence-electron chi connectivity index (χ0n) is 10.3. The van der Waals surface area contributed by atoms with E-state index in [9.17, 15) is 14.5 Å². The van der Waals surface area contributed by atoms with Gasteiger partial charge in [0.25, 0.3) is 0 Å². The molecule has 1 saturated heterocycles. The first kappa shape index (κ1) is 14.6. The third-order valence-corrected chi connectivity index (χ3v) is 4.50. The van der Waals surface area contributed by atoms with Crippen LogP contribution in [-0.4, -0.2) is 49.5 Å². The van der Waals surface area contributed by atoms with E-state index in [0.29, 0.717) is 0 Å². The van der Waals surface area contributed by atoms with Gasteiger partial charge in [0.1, 0.15) is 0 Å². The van der Waals surface area contributed by atoms with Crippen molar-refractivity contribution in [2.24, 2.45) is 0 Å². The highest BCUT2D eigenvalue weighted by Gasteiger charge is 2.55. The Hall–Kier alpha value is -0.460. The molecule has 0 saturated carbocycles. The Kier molecular flexibility index (Phi) is 4.01. The van der Waals surface area contributed by atoms with Crippen molar-refractivity contribution in [2.75, 3.05) is 27.0 Å². The van der Waals surface area contributed by atoms with Gasteiger partial charge >= 0.3 is 13.6 Å². The van der Waals surface area contributed by atoms with E-state index in [2.05, 4.69) is 0 Å². The van der Waals surface area contributed by atoms with E-state index in [0.717, 1.165) is 0 Å². The molecule has 1 fully saturated rings. The van der Waals surface area contributed by atoms with E-state index < -0.39 is 31.1 Å². The highest BCUT2D eigenvalue weighted by atomic mass is 31.2. The van der Waals surface area contributed by atoms with Gasteiger partial charge < -0.3 is 23.6 Å².